The van der Waals surface area contributed by atoms with Crippen LogP contribution in [0.3, 0.4) is 0 Å². The molecular weight excluding hydrogens is 286 g/mol. The lowest BCUT2D eigenvalue weighted by atomic mass is 9.96. The smallest absolute Gasteiger partial charge is 0.233 e. The lowest BCUT2D eigenvalue weighted by Gasteiger charge is -2.33. The number of likely N-dealkylation sites (N-methyl/N-ethyl adjacent to an activating group) is 1. The van der Waals surface area contributed by atoms with E-state index in [1.807, 2.05) is 0 Å². The number of carbonyl (C=O) groups excluding carboxylic acids is 1. The Morgan fingerprint density at radius 3 is 2.61 bits per heavy atom. The number of hydrogen-bond donors (Lipinski definition) is 1. The fourth-order valence-corrected chi connectivity index (χ4v) is 3.43. The fourth-order valence-electron chi connectivity index (χ4n) is 3.43. The van der Waals surface area contributed by atoms with Gasteiger partial charge in [-0.15, -0.1) is 0 Å². The van der Waals surface area contributed by atoms with Gasteiger partial charge >= 0.3 is 0 Å². The van der Waals surface area contributed by atoms with Crippen LogP contribution >= 0.6 is 0 Å². The van der Waals surface area contributed by atoms with Gasteiger partial charge in [-0.2, -0.15) is 0 Å². The van der Waals surface area contributed by atoms with Crippen LogP contribution in [0.15, 0.2) is 18.2 Å². The molecule has 0 bridgehead atoms. The topological polar surface area (TPSA) is 35.6 Å². The maximum absolute atomic E-state index is 11.4. The molecule has 2 rings (SSSR count). The van der Waals surface area contributed by atoms with Gasteiger partial charge in [0.25, 0.3) is 0 Å². The van der Waals surface area contributed by atoms with Crippen LogP contribution in [0.5, 0.6) is 0 Å². The Hall–Kier alpha value is -1.39. The highest BCUT2D eigenvalue weighted by molar-refractivity contribution is 5.77. The molecule has 0 saturated carbocycles. The second-order valence-electron chi connectivity index (χ2n) is 7.02. The maximum Gasteiger partial charge on any atom is 0.233 e. The van der Waals surface area contributed by atoms with Crippen molar-refractivity contribution < 1.29 is 4.79 Å². The zero-order chi connectivity index (χ0) is 16.8. The number of likely N-dealkylation sites (tertiary alicyclic amines) is 1. The second kappa shape index (κ2) is 8.46. The van der Waals surface area contributed by atoms with Crippen molar-refractivity contribution in [3.8, 4) is 0 Å². The highest BCUT2D eigenvalue weighted by Crippen LogP contribution is 2.19. The molecule has 1 N–H and O–H groups in total. The third kappa shape index (κ3) is 5.63. The van der Waals surface area contributed by atoms with E-state index in [4.69, 9.17) is 0 Å². The summed E-state index contributed by atoms with van der Waals surface area (Å²) in [4.78, 5) is 16.1. The van der Waals surface area contributed by atoms with E-state index in [-0.39, 0.29) is 5.91 Å². The number of amides is 1. The number of benzene rings is 1. The number of hydrogen-bond acceptors (Lipinski definition) is 3. The van der Waals surface area contributed by atoms with Gasteiger partial charge in [-0.1, -0.05) is 23.8 Å². The first kappa shape index (κ1) is 18.0. The zero-order valence-electron chi connectivity index (χ0n) is 15.1. The molecule has 1 amide bonds. The van der Waals surface area contributed by atoms with E-state index >= 15 is 0 Å². The van der Waals surface area contributed by atoms with Crippen LogP contribution in [0.1, 0.15) is 29.5 Å². The fraction of sp³-hybridized carbons (Fsp3) is 0.632. The monoisotopic (exact) mass is 317 g/mol. The van der Waals surface area contributed by atoms with Crippen LogP contribution < -0.4 is 5.32 Å². The van der Waals surface area contributed by atoms with Crippen molar-refractivity contribution in [3.05, 3.63) is 34.9 Å². The van der Waals surface area contributed by atoms with Crippen molar-refractivity contribution in [1.82, 2.24) is 15.1 Å². The second-order valence-corrected chi connectivity index (χ2v) is 7.02. The zero-order valence-corrected chi connectivity index (χ0v) is 15.1. The summed E-state index contributed by atoms with van der Waals surface area (Å²) in [6.45, 7) is 9.12. The van der Waals surface area contributed by atoms with Gasteiger partial charge in [0.05, 0.1) is 6.54 Å². The number of aryl methyl sites for hydroxylation is 2. The van der Waals surface area contributed by atoms with Crippen molar-refractivity contribution in [3.63, 3.8) is 0 Å². The van der Waals surface area contributed by atoms with E-state index < -0.39 is 0 Å². The molecule has 23 heavy (non-hydrogen) atoms. The number of piperidine rings is 1. The molecule has 1 fully saturated rings. The van der Waals surface area contributed by atoms with Gasteiger partial charge in [-0.3, -0.25) is 9.69 Å². The van der Waals surface area contributed by atoms with Gasteiger partial charge in [-0.25, -0.2) is 0 Å². The summed E-state index contributed by atoms with van der Waals surface area (Å²) < 4.78 is 0. The SMILES string of the molecule is CNC(=O)CN1CCC(CN(C)Cc2ccc(C)cc2C)CC1. The molecule has 1 aromatic rings. The van der Waals surface area contributed by atoms with Crippen molar-refractivity contribution in [2.75, 3.05) is 40.3 Å². The molecule has 1 saturated heterocycles. The van der Waals surface area contributed by atoms with Gasteiger partial charge in [0.15, 0.2) is 0 Å². The van der Waals surface area contributed by atoms with Crippen LogP contribution in [0.2, 0.25) is 0 Å². The third-order valence-electron chi connectivity index (χ3n) is 4.86. The largest absolute Gasteiger partial charge is 0.358 e. The molecule has 4 heteroatoms. The van der Waals surface area contributed by atoms with Crippen molar-refractivity contribution >= 4 is 5.91 Å². The minimum atomic E-state index is 0.121. The van der Waals surface area contributed by atoms with Gasteiger partial charge < -0.3 is 10.2 Å². The Balaban J connectivity index is 1.76. The molecule has 0 unspecified atom stereocenters. The molecule has 1 aromatic carbocycles. The summed E-state index contributed by atoms with van der Waals surface area (Å²) in [6.07, 6.45) is 2.38. The first-order valence-electron chi connectivity index (χ1n) is 8.65. The summed E-state index contributed by atoms with van der Waals surface area (Å²) in [5.41, 5.74) is 4.14. The predicted molar refractivity (Wildman–Crippen MR) is 95.5 cm³/mol. The molecule has 1 aliphatic heterocycles. The van der Waals surface area contributed by atoms with E-state index in [0.29, 0.717) is 6.54 Å². The predicted octanol–water partition coefficient (Wildman–Crippen LogP) is 2.19. The third-order valence-corrected chi connectivity index (χ3v) is 4.86. The number of nitrogens with zero attached hydrogens (tertiary/aromatic N) is 2. The van der Waals surface area contributed by atoms with Crippen LogP contribution in [-0.2, 0) is 11.3 Å². The van der Waals surface area contributed by atoms with Crippen LogP contribution in [-0.4, -0.2) is 56.0 Å². The first-order valence-corrected chi connectivity index (χ1v) is 8.65. The summed E-state index contributed by atoms with van der Waals surface area (Å²) in [5, 5.41) is 2.70. The van der Waals surface area contributed by atoms with Crippen LogP contribution in [0.25, 0.3) is 0 Å². The molecule has 1 heterocycles. The molecule has 1 aliphatic rings. The lowest BCUT2D eigenvalue weighted by Crippen LogP contribution is -2.42. The minimum Gasteiger partial charge on any atom is -0.358 e. The van der Waals surface area contributed by atoms with E-state index in [9.17, 15) is 4.79 Å². The number of rotatable bonds is 6. The van der Waals surface area contributed by atoms with Crippen LogP contribution in [0, 0.1) is 19.8 Å². The molecule has 0 spiro atoms. The number of carbonyl (C=O) groups is 1. The molecule has 0 aromatic heterocycles. The molecule has 0 aliphatic carbocycles. The lowest BCUT2D eigenvalue weighted by molar-refractivity contribution is -0.122. The Kier molecular flexibility index (Phi) is 6.60. The maximum atomic E-state index is 11.4. The Morgan fingerprint density at radius 1 is 1.30 bits per heavy atom. The van der Waals surface area contributed by atoms with Gasteiger partial charge in [0, 0.05) is 20.1 Å². The summed E-state index contributed by atoms with van der Waals surface area (Å²) in [7, 11) is 3.92. The van der Waals surface area contributed by atoms with Gasteiger partial charge in [-0.05, 0) is 63.9 Å². The highest BCUT2D eigenvalue weighted by Gasteiger charge is 2.21. The summed E-state index contributed by atoms with van der Waals surface area (Å²) in [6, 6.07) is 6.72. The molecule has 128 valence electrons. The Labute approximate surface area is 140 Å². The van der Waals surface area contributed by atoms with E-state index in [1.165, 1.54) is 29.5 Å². The summed E-state index contributed by atoms with van der Waals surface area (Å²) in [5.74, 6) is 0.863. The average Bonchev–Trinajstić information content (AvgIpc) is 2.52. The molecule has 0 atom stereocenters. The minimum absolute atomic E-state index is 0.121. The standard InChI is InChI=1S/C19H31N3O/c1-15-5-6-18(16(2)11-15)13-21(4)12-17-7-9-22(10-8-17)14-19(23)20-3/h5-6,11,17H,7-10,12-14H2,1-4H3,(H,20,23). The molecule has 4 nitrogen and oxygen atoms in total. The quantitative estimate of drug-likeness (QED) is 0.874. The van der Waals surface area contributed by atoms with Crippen molar-refractivity contribution in [2.24, 2.45) is 5.92 Å². The van der Waals surface area contributed by atoms with Crippen molar-refractivity contribution in [2.45, 2.75) is 33.2 Å². The van der Waals surface area contributed by atoms with Crippen molar-refractivity contribution in [1.29, 1.82) is 0 Å². The van der Waals surface area contributed by atoms with E-state index in [2.05, 4.69) is 54.2 Å². The van der Waals surface area contributed by atoms with E-state index in [0.717, 1.165) is 32.1 Å². The normalized spacial score (nSPS) is 16.7. The van der Waals surface area contributed by atoms with Gasteiger partial charge in [0.2, 0.25) is 5.91 Å². The Bertz CT molecular complexity index is 521. The highest BCUT2D eigenvalue weighted by atomic mass is 16.1. The van der Waals surface area contributed by atoms with E-state index in [1.54, 1.807) is 7.05 Å². The Morgan fingerprint density at radius 2 is 2.00 bits per heavy atom. The molecule has 0 radical (unpaired) electrons. The number of nitrogens with one attached hydrogen (secondary N) is 1. The first-order chi connectivity index (χ1) is 11.0. The molecular formula is C19H31N3O. The average molecular weight is 317 g/mol. The van der Waals surface area contributed by atoms with Gasteiger partial charge in [0.1, 0.15) is 0 Å². The van der Waals surface area contributed by atoms with Crippen LogP contribution in [0.4, 0.5) is 0 Å². The summed E-state index contributed by atoms with van der Waals surface area (Å²) >= 11 is 0.